The quantitative estimate of drug-likeness (QED) is 0.766. The van der Waals surface area contributed by atoms with Gasteiger partial charge in [-0.3, -0.25) is 4.79 Å². The predicted octanol–water partition coefficient (Wildman–Crippen LogP) is 1.08. The molecule has 20 heavy (non-hydrogen) atoms. The van der Waals surface area contributed by atoms with Crippen molar-refractivity contribution in [3.8, 4) is 0 Å². The van der Waals surface area contributed by atoms with Crippen LogP contribution in [0.25, 0.3) is 0 Å². The highest BCUT2D eigenvalue weighted by molar-refractivity contribution is 5.74. The molecule has 0 aliphatic carbocycles. The fourth-order valence-electron chi connectivity index (χ4n) is 2.51. The van der Waals surface area contributed by atoms with E-state index in [1.807, 2.05) is 7.05 Å². The molecule has 0 aromatic heterocycles. The number of nitrogens with zero attached hydrogens (tertiary/aromatic N) is 2. The minimum atomic E-state index is -0.801. The van der Waals surface area contributed by atoms with Crippen molar-refractivity contribution in [1.29, 1.82) is 0 Å². The van der Waals surface area contributed by atoms with Gasteiger partial charge >= 0.3 is 12.0 Å². The van der Waals surface area contributed by atoms with E-state index in [1.54, 1.807) is 4.90 Å². The second kappa shape index (κ2) is 8.09. The van der Waals surface area contributed by atoms with Crippen molar-refractivity contribution in [2.45, 2.75) is 26.7 Å². The van der Waals surface area contributed by atoms with Gasteiger partial charge in [0.2, 0.25) is 0 Å². The third-order valence-electron chi connectivity index (χ3n) is 3.60. The van der Waals surface area contributed by atoms with Crippen molar-refractivity contribution in [2.24, 2.45) is 11.8 Å². The van der Waals surface area contributed by atoms with Gasteiger partial charge in [0.1, 0.15) is 0 Å². The van der Waals surface area contributed by atoms with Gasteiger partial charge in [0.15, 0.2) is 0 Å². The van der Waals surface area contributed by atoms with Crippen LogP contribution in [0.2, 0.25) is 0 Å². The molecule has 6 heteroatoms. The Morgan fingerprint density at radius 2 is 1.80 bits per heavy atom. The first-order valence-electron chi connectivity index (χ1n) is 7.31. The lowest BCUT2D eigenvalue weighted by atomic mass is 9.94. The third kappa shape index (κ3) is 6.23. The average Bonchev–Trinajstić information content (AvgIpc) is 2.35. The highest BCUT2D eigenvalue weighted by atomic mass is 16.4. The monoisotopic (exact) mass is 285 g/mol. The number of amides is 2. The molecule has 2 amide bonds. The molecule has 0 saturated carbocycles. The van der Waals surface area contributed by atoms with E-state index in [-0.39, 0.29) is 18.4 Å². The molecule has 1 rings (SSSR count). The van der Waals surface area contributed by atoms with E-state index in [1.165, 1.54) is 0 Å². The molecule has 0 spiro atoms. The Kier molecular flexibility index (Phi) is 6.78. The molecule has 0 bridgehead atoms. The summed E-state index contributed by atoms with van der Waals surface area (Å²) < 4.78 is 0. The Balaban J connectivity index is 2.37. The number of aliphatic carboxylic acids is 1. The molecule has 0 radical (unpaired) electrons. The Labute approximate surface area is 121 Å². The number of urea groups is 1. The van der Waals surface area contributed by atoms with Crippen LogP contribution >= 0.6 is 0 Å². The number of hydrogen-bond acceptors (Lipinski definition) is 3. The van der Waals surface area contributed by atoms with Crippen molar-refractivity contribution in [2.75, 3.05) is 39.8 Å². The zero-order valence-electron chi connectivity index (χ0n) is 12.8. The van der Waals surface area contributed by atoms with E-state index in [2.05, 4.69) is 24.1 Å². The van der Waals surface area contributed by atoms with Gasteiger partial charge in [0.05, 0.1) is 0 Å². The number of rotatable bonds is 6. The van der Waals surface area contributed by atoms with Crippen molar-refractivity contribution < 1.29 is 14.7 Å². The van der Waals surface area contributed by atoms with Crippen LogP contribution in [-0.4, -0.2) is 66.7 Å². The first-order valence-corrected chi connectivity index (χ1v) is 7.31. The molecule has 1 aliphatic rings. The minimum Gasteiger partial charge on any atom is -0.481 e. The number of carboxylic acid groups (broad SMARTS) is 1. The highest BCUT2D eigenvalue weighted by Crippen LogP contribution is 2.15. The number of nitrogens with one attached hydrogen (secondary N) is 1. The Hall–Kier alpha value is -1.30. The fourth-order valence-corrected chi connectivity index (χ4v) is 2.51. The largest absolute Gasteiger partial charge is 0.481 e. The Morgan fingerprint density at radius 1 is 1.20 bits per heavy atom. The Morgan fingerprint density at radius 3 is 2.30 bits per heavy atom. The molecule has 1 fully saturated rings. The van der Waals surface area contributed by atoms with Gasteiger partial charge in [-0.05, 0) is 25.3 Å². The molecule has 1 unspecified atom stereocenters. The number of carboxylic acids is 1. The Bertz CT molecular complexity index is 326. The number of likely N-dealkylation sites (N-methyl/N-ethyl adjacent to an activating group) is 1. The summed E-state index contributed by atoms with van der Waals surface area (Å²) >= 11 is 0. The summed E-state index contributed by atoms with van der Waals surface area (Å²) in [6, 6.07) is -0.0720. The van der Waals surface area contributed by atoms with E-state index >= 15 is 0 Å². The molecule has 6 nitrogen and oxygen atoms in total. The molecule has 2 N–H and O–H groups in total. The summed E-state index contributed by atoms with van der Waals surface area (Å²) in [5, 5.41) is 11.8. The van der Waals surface area contributed by atoms with Gasteiger partial charge in [0.25, 0.3) is 0 Å². The van der Waals surface area contributed by atoms with Crippen LogP contribution in [-0.2, 0) is 4.79 Å². The smallest absolute Gasteiger partial charge is 0.317 e. The maximum absolute atomic E-state index is 12.0. The molecular weight excluding hydrogens is 258 g/mol. The lowest BCUT2D eigenvalue weighted by molar-refractivity contribution is -0.138. The molecule has 0 aromatic carbocycles. The number of carbonyl (C=O) groups is 2. The van der Waals surface area contributed by atoms with Crippen LogP contribution < -0.4 is 5.32 Å². The standard InChI is InChI=1S/C14H27N3O3/c1-11(2)8-12(9-13(18)19)10-15-14(20)17-6-4-16(3)5-7-17/h11-12H,4-10H2,1-3H3,(H,15,20)(H,18,19). The molecule has 1 heterocycles. The molecule has 116 valence electrons. The van der Waals surface area contributed by atoms with E-state index < -0.39 is 5.97 Å². The van der Waals surface area contributed by atoms with Crippen LogP contribution in [0, 0.1) is 11.8 Å². The van der Waals surface area contributed by atoms with Gasteiger partial charge in [-0.1, -0.05) is 13.8 Å². The van der Waals surface area contributed by atoms with Gasteiger partial charge in [-0.2, -0.15) is 0 Å². The van der Waals surface area contributed by atoms with E-state index in [0.29, 0.717) is 12.5 Å². The van der Waals surface area contributed by atoms with Gasteiger partial charge in [0, 0.05) is 39.1 Å². The van der Waals surface area contributed by atoms with Crippen LogP contribution in [0.4, 0.5) is 4.79 Å². The number of carbonyl (C=O) groups excluding carboxylic acids is 1. The summed E-state index contributed by atoms with van der Waals surface area (Å²) in [6.45, 7) is 7.81. The SMILES string of the molecule is CC(C)CC(CNC(=O)N1CCN(C)CC1)CC(=O)O. The summed E-state index contributed by atoms with van der Waals surface area (Å²) in [7, 11) is 2.04. The molecule has 1 atom stereocenters. The second-order valence-corrected chi connectivity index (χ2v) is 6.07. The zero-order chi connectivity index (χ0) is 15.1. The number of hydrogen-bond donors (Lipinski definition) is 2. The van der Waals surface area contributed by atoms with Crippen LogP contribution in [0.5, 0.6) is 0 Å². The maximum atomic E-state index is 12.0. The first kappa shape index (κ1) is 16.8. The maximum Gasteiger partial charge on any atom is 0.317 e. The van der Waals surface area contributed by atoms with Crippen molar-refractivity contribution in [1.82, 2.24) is 15.1 Å². The van der Waals surface area contributed by atoms with Crippen LogP contribution in [0.1, 0.15) is 26.7 Å². The molecular formula is C14H27N3O3. The van der Waals surface area contributed by atoms with Gasteiger partial charge < -0.3 is 20.2 Å². The fraction of sp³-hybridized carbons (Fsp3) is 0.857. The lowest BCUT2D eigenvalue weighted by Crippen LogP contribution is -2.51. The van der Waals surface area contributed by atoms with Crippen molar-refractivity contribution >= 4 is 12.0 Å². The highest BCUT2D eigenvalue weighted by Gasteiger charge is 2.21. The summed E-state index contributed by atoms with van der Waals surface area (Å²) in [5.74, 6) is -0.367. The molecule has 0 aromatic rings. The first-order chi connectivity index (χ1) is 9.38. The normalized spacial score (nSPS) is 18.1. The van der Waals surface area contributed by atoms with E-state index in [4.69, 9.17) is 5.11 Å². The van der Waals surface area contributed by atoms with Crippen molar-refractivity contribution in [3.05, 3.63) is 0 Å². The minimum absolute atomic E-state index is 0.00362. The topological polar surface area (TPSA) is 72.9 Å². The van der Waals surface area contributed by atoms with Gasteiger partial charge in [-0.15, -0.1) is 0 Å². The third-order valence-corrected chi connectivity index (χ3v) is 3.60. The summed E-state index contributed by atoms with van der Waals surface area (Å²) in [4.78, 5) is 26.9. The molecule has 1 aliphatic heterocycles. The lowest BCUT2D eigenvalue weighted by Gasteiger charge is -2.32. The van der Waals surface area contributed by atoms with Crippen LogP contribution in [0.3, 0.4) is 0 Å². The van der Waals surface area contributed by atoms with Crippen LogP contribution in [0.15, 0.2) is 0 Å². The summed E-state index contributed by atoms with van der Waals surface area (Å²) in [6.07, 6.45) is 0.927. The second-order valence-electron chi connectivity index (χ2n) is 6.07. The average molecular weight is 285 g/mol. The zero-order valence-corrected chi connectivity index (χ0v) is 12.8. The number of piperazine rings is 1. The summed E-state index contributed by atoms with van der Waals surface area (Å²) in [5.41, 5.74) is 0. The molecule has 1 saturated heterocycles. The predicted molar refractivity (Wildman–Crippen MR) is 77.7 cm³/mol. The van der Waals surface area contributed by atoms with Crippen molar-refractivity contribution in [3.63, 3.8) is 0 Å². The van der Waals surface area contributed by atoms with Gasteiger partial charge in [-0.25, -0.2) is 4.79 Å². The van der Waals surface area contributed by atoms with E-state index in [9.17, 15) is 9.59 Å². The van der Waals surface area contributed by atoms with E-state index in [0.717, 1.165) is 32.6 Å².